The van der Waals surface area contributed by atoms with Crippen LogP contribution in [0.5, 0.6) is 0 Å². The second-order valence-electron chi connectivity index (χ2n) is 5.31. The standard InChI is InChI=1S/C15H23NO/c1-3-12-5-7-13(8-6-12)15(4-2)9-14(15,10-16)11-17/h5-8,17H,3-4,9-11,16H2,1-2H3. The van der Waals surface area contributed by atoms with Crippen molar-refractivity contribution in [3.8, 4) is 0 Å². The molecule has 0 heterocycles. The van der Waals surface area contributed by atoms with Gasteiger partial charge in [-0.3, -0.25) is 0 Å². The number of hydrogen-bond donors (Lipinski definition) is 2. The van der Waals surface area contributed by atoms with Crippen LogP contribution in [0.2, 0.25) is 0 Å². The lowest BCUT2D eigenvalue weighted by molar-refractivity contribution is 0.193. The van der Waals surface area contributed by atoms with Crippen molar-refractivity contribution in [3.63, 3.8) is 0 Å². The molecule has 0 aliphatic heterocycles. The summed E-state index contributed by atoms with van der Waals surface area (Å²) < 4.78 is 0. The van der Waals surface area contributed by atoms with Gasteiger partial charge >= 0.3 is 0 Å². The lowest BCUT2D eigenvalue weighted by Crippen LogP contribution is -2.29. The average Bonchev–Trinajstić information content (AvgIpc) is 3.09. The van der Waals surface area contributed by atoms with Crippen molar-refractivity contribution in [2.24, 2.45) is 11.1 Å². The predicted molar refractivity (Wildman–Crippen MR) is 71.0 cm³/mol. The molecule has 1 aromatic carbocycles. The van der Waals surface area contributed by atoms with Gasteiger partial charge in [-0.1, -0.05) is 38.1 Å². The van der Waals surface area contributed by atoms with E-state index in [2.05, 4.69) is 38.1 Å². The second kappa shape index (κ2) is 4.43. The molecule has 3 N–H and O–H groups in total. The molecule has 0 amide bonds. The first-order valence-electron chi connectivity index (χ1n) is 6.58. The molecular formula is C15H23NO. The normalized spacial score (nSPS) is 31.5. The van der Waals surface area contributed by atoms with Gasteiger partial charge in [0, 0.05) is 17.4 Å². The minimum absolute atomic E-state index is 0.0739. The molecule has 94 valence electrons. The van der Waals surface area contributed by atoms with E-state index in [1.54, 1.807) is 0 Å². The van der Waals surface area contributed by atoms with Gasteiger partial charge in [0.25, 0.3) is 0 Å². The fraction of sp³-hybridized carbons (Fsp3) is 0.600. The molecule has 0 radical (unpaired) electrons. The zero-order valence-electron chi connectivity index (χ0n) is 10.9. The smallest absolute Gasteiger partial charge is 0.0508 e. The van der Waals surface area contributed by atoms with Gasteiger partial charge in [0.2, 0.25) is 0 Å². The molecule has 1 saturated carbocycles. The van der Waals surface area contributed by atoms with Crippen LogP contribution in [0.4, 0.5) is 0 Å². The molecule has 0 saturated heterocycles. The maximum Gasteiger partial charge on any atom is 0.0508 e. The van der Waals surface area contributed by atoms with E-state index in [1.165, 1.54) is 11.1 Å². The van der Waals surface area contributed by atoms with Crippen molar-refractivity contribution in [2.45, 2.75) is 38.5 Å². The molecule has 2 heteroatoms. The van der Waals surface area contributed by atoms with Crippen molar-refractivity contribution in [2.75, 3.05) is 13.2 Å². The van der Waals surface area contributed by atoms with Crippen LogP contribution in [0.15, 0.2) is 24.3 Å². The molecule has 2 atom stereocenters. The quantitative estimate of drug-likeness (QED) is 0.819. The Balaban J connectivity index is 2.31. The summed E-state index contributed by atoms with van der Waals surface area (Å²) in [4.78, 5) is 0. The Kier molecular flexibility index (Phi) is 3.28. The van der Waals surface area contributed by atoms with E-state index in [-0.39, 0.29) is 17.4 Å². The Morgan fingerprint density at radius 1 is 1.24 bits per heavy atom. The van der Waals surface area contributed by atoms with Gasteiger partial charge in [0.15, 0.2) is 0 Å². The Morgan fingerprint density at radius 3 is 2.24 bits per heavy atom. The van der Waals surface area contributed by atoms with E-state index in [4.69, 9.17) is 5.73 Å². The third-order valence-electron chi connectivity index (χ3n) is 4.74. The first kappa shape index (κ1) is 12.6. The predicted octanol–water partition coefficient (Wildman–Crippen LogP) is 2.24. The van der Waals surface area contributed by atoms with E-state index in [9.17, 15) is 5.11 Å². The van der Waals surface area contributed by atoms with Crippen LogP contribution in [0, 0.1) is 5.41 Å². The minimum atomic E-state index is -0.0739. The Hall–Kier alpha value is -0.860. The van der Waals surface area contributed by atoms with E-state index < -0.39 is 0 Å². The molecule has 0 spiro atoms. The van der Waals surface area contributed by atoms with Crippen LogP contribution < -0.4 is 5.73 Å². The third kappa shape index (κ3) is 1.71. The van der Waals surface area contributed by atoms with Crippen molar-refractivity contribution < 1.29 is 5.11 Å². The van der Waals surface area contributed by atoms with Crippen LogP contribution in [0.3, 0.4) is 0 Å². The van der Waals surface area contributed by atoms with Crippen LogP contribution >= 0.6 is 0 Å². The molecule has 1 aliphatic carbocycles. The van der Waals surface area contributed by atoms with Crippen molar-refractivity contribution in [1.82, 2.24) is 0 Å². The van der Waals surface area contributed by atoms with Crippen molar-refractivity contribution in [3.05, 3.63) is 35.4 Å². The molecule has 17 heavy (non-hydrogen) atoms. The second-order valence-corrected chi connectivity index (χ2v) is 5.31. The summed E-state index contributed by atoms with van der Waals surface area (Å²) in [6.45, 7) is 5.14. The van der Waals surface area contributed by atoms with Crippen molar-refractivity contribution >= 4 is 0 Å². The summed E-state index contributed by atoms with van der Waals surface area (Å²) in [6, 6.07) is 8.83. The van der Waals surface area contributed by atoms with Crippen LogP contribution in [-0.4, -0.2) is 18.3 Å². The van der Waals surface area contributed by atoms with Crippen LogP contribution in [-0.2, 0) is 11.8 Å². The van der Waals surface area contributed by atoms with E-state index in [0.29, 0.717) is 6.54 Å². The first-order chi connectivity index (χ1) is 8.18. The van der Waals surface area contributed by atoms with Gasteiger partial charge in [0.05, 0.1) is 6.61 Å². The summed E-state index contributed by atoms with van der Waals surface area (Å²) in [6.07, 6.45) is 3.15. The Morgan fingerprint density at radius 2 is 1.88 bits per heavy atom. The summed E-state index contributed by atoms with van der Waals surface area (Å²) in [7, 11) is 0. The number of nitrogens with two attached hydrogens (primary N) is 1. The van der Waals surface area contributed by atoms with Gasteiger partial charge in [0.1, 0.15) is 0 Å². The molecule has 2 rings (SSSR count). The molecular weight excluding hydrogens is 210 g/mol. The molecule has 2 nitrogen and oxygen atoms in total. The summed E-state index contributed by atoms with van der Waals surface area (Å²) in [5.74, 6) is 0. The zero-order valence-corrected chi connectivity index (χ0v) is 10.9. The number of hydrogen-bond acceptors (Lipinski definition) is 2. The number of rotatable bonds is 5. The van der Waals surface area contributed by atoms with Crippen LogP contribution in [0.1, 0.15) is 37.8 Å². The number of aryl methyl sites for hydroxylation is 1. The number of aliphatic hydroxyl groups is 1. The number of benzene rings is 1. The Bertz CT molecular complexity index is 380. The van der Waals surface area contributed by atoms with E-state index in [0.717, 1.165) is 19.3 Å². The highest BCUT2D eigenvalue weighted by atomic mass is 16.3. The molecule has 1 fully saturated rings. The third-order valence-corrected chi connectivity index (χ3v) is 4.74. The highest BCUT2D eigenvalue weighted by molar-refractivity contribution is 5.40. The minimum Gasteiger partial charge on any atom is -0.396 e. The van der Waals surface area contributed by atoms with Gasteiger partial charge in [-0.05, 0) is 30.4 Å². The van der Waals surface area contributed by atoms with Gasteiger partial charge in [-0.2, -0.15) is 0 Å². The van der Waals surface area contributed by atoms with Gasteiger partial charge < -0.3 is 10.8 Å². The van der Waals surface area contributed by atoms with E-state index in [1.807, 2.05) is 0 Å². The summed E-state index contributed by atoms with van der Waals surface area (Å²) in [5, 5.41) is 9.61. The van der Waals surface area contributed by atoms with Crippen molar-refractivity contribution in [1.29, 1.82) is 0 Å². The highest BCUT2D eigenvalue weighted by Gasteiger charge is 2.65. The molecule has 1 aliphatic rings. The Labute approximate surface area is 104 Å². The lowest BCUT2D eigenvalue weighted by atomic mass is 9.83. The molecule has 0 aromatic heterocycles. The topological polar surface area (TPSA) is 46.2 Å². The van der Waals surface area contributed by atoms with Gasteiger partial charge in [-0.25, -0.2) is 0 Å². The maximum atomic E-state index is 9.61. The number of aliphatic hydroxyl groups excluding tert-OH is 1. The van der Waals surface area contributed by atoms with E-state index >= 15 is 0 Å². The SMILES string of the molecule is CCc1ccc(C2(CC)CC2(CN)CO)cc1. The monoisotopic (exact) mass is 233 g/mol. The molecule has 0 bridgehead atoms. The lowest BCUT2D eigenvalue weighted by Gasteiger charge is -2.23. The molecule has 2 unspecified atom stereocenters. The summed E-state index contributed by atoms with van der Waals surface area (Å²) in [5.41, 5.74) is 8.61. The average molecular weight is 233 g/mol. The summed E-state index contributed by atoms with van der Waals surface area (Å²) >= 11 is 0. The largest absolute Gasteiger partial charge is 0.396 e. The first-order valence-corrected chi connectivity index (χ1v) is 6.58. The van der Waals surface area contributed by atoms with Crippen LogP contribution in [0.25, 0.3) is 0 Å². The highest BCUT2D eigenvalue weighted by Crippen LogP contribution is 2.65. The zero-order chi connectivity index (χ0) is 12.5. The maximum absolute atomic E-state index is 9.61. The van der Waals surface area contributed by atoms with Gasteiger partial charge in [-0.15, -0.1) is 0 Å². The fourth-order valence-electron chi connectivity index (χ4n) is 3.24. The fourth-order valence-corrected chi connectivity index (χ4v) is 3.24. The molecule has 1 aromatic rings.